The summed E-state index contributed by atoms with van der Waals surface area (Å²) in [5.41, 5.74) is 0. The van der Waals surface area contributed by atoms with E-state index < -0.39 is 9.06 Å². The Morgan fingerprint density at radius 3 is 1.41 bits per heavy atom. The van der Waals surface area contributed by atoms with E-state index in [9.17, 15) is 4.79 Å². The summed E-state index contributed by atoms with van der Waals surface area (Å²) in [6.45, 7) is 0. The van der Waals surface area contributed by atoms with Crippen molar-refractivity contribution < 1.29 is 4.79 Å². The zero-order valence-corrected chi connectivity index (χ0v) is 28.1. The van der Waals surface area contributed by atoms with Crippen LogP contribution in [0.25, 0.3) is 32.3 Å². The lowest BCUT2D eigenvalue weighted by Crippen LogP contribution is -2.36. The van der Waals surface area contributed by atoms with Gasteiger partial charge in [-0.3, -0.25) is 4.79 Å². The molecule has 2 fully saturated rings. The van der Waals surface area contributed by atoms with Gasteiger partial charge < -0.3 is 0 Å². The second kappa shape index (κ2) is 12.9. The third-order valence-electron chi connectivity index (χ3n) is 10.5. The largest absolute Gasteiger partial charge is 0.299 e. The summed E-state index contributed by atoms with van der Waals surface area (Å²) < 4.78 is 0. The monoisotopic (exact) mass is 638 g/mol. The van der Waals surface area contributed by atoms with Gasteiger partial charge in [0.1, 0.15) is 5.78 Å². The number of hydrogen-bond acceptors (Lipinski definition) is 2. The van der Waals surface area contributed by atoms with Crippen LogP contribution in [0, 0.1) is 11.8 Å². The summed E-state index contributed by atoms with van der Waals surface area (Å²) in [4.78, 5) is 18.2. The first kappa shape index (κ1) is 29.8. The lowest BCUT2D eigenvalue weighted by Gasteiger charge is -2.48. The van der Waals surface area contributed by atoms with Crippen molar-refractivity contribution >= 4 is 58.0 Å². The highest BCUT2D eigenvalue weighted by Gasteiger charge is 2.44. The van der Waals surface area contributed by atoms with Crippen LogP contribution in [0.2, 0.25) is 0 Å². The van der Waals surface area contributed by atoms with Crippen molar-refractivity contribution in [3.8, 4) is 0 Å². The number of rotatable bonds is 7. The smallest absolute Gasteiger partial charge is 0.137 e. The Bertz CT molecular complexity index is 1820. The first-order valence-electron chi connectivity index (χ1n) is 17.2. The van der Waals surface area contributed by atoms with Gasteiger partial charge in [-0.1, -0.05) is 146 Å². The Hall–Kier alpha value is -3.53. The van der Waals surface area contributed by atoms with E-state index in [-0.39, 0.29) is 11.2 Å². The molecule has 8 rings (SSSR count). The van der Waals surface area contributed by atoms with E-state index in [4.69, 9.17) is 0 Å². The normalized spacial score (nSPS) is 19.0. The lowest BCUT2D eigenvalue weighted by atomic mass is 9.76. The molecule has 232 valence electrons. The second-order valence-electron chi connectivity index (χ2n) is 13.3. The van der Waals surface area contributed by atoms with Crippen molar-refractivity contribution in [1.82, 2.24) is 0 Å². The van der Waals surface area contributed by atoms with E-state index in [2.05, 4.69) is 138 Å². The number of ketones is 1. The van der Waals surface area contributed by atoms with Gasteiger partial charge in [0.25, 0.3) is 0 Å². The summed E-state index contributed by atoms with van der Waals surface area (Å²) in [5, 5.41) is 8.09. The summed E-state index contributed by atoms with van der Waals surface area (Å²) >= 11 is 0. The SMILES string of the molecule is O=C1CCCCC1C(SS(c1cccc2ccccc12)(c1cccc2ccccc12)c1cccc2ccccc12)C1CCCCC1. The average molecular weight is 639 g/mol. The zero-order valence-electron chi connectivity index (χ0n) is 26.4. The third kappa shape index (κ3) is 5.26. The van der Waals surface area contributed by atoms with Crippen LogP contribution in [-0.4, -0.2) is 11.0 Å². The van der Waals surface area contributed by atoms with Crippen LogP contribution in [0.3, 0.4) is 0 Å². The third-order valence-corrected chi connectivity index (χ3v) is 17.8. The molecule has 2 aliphatic rings. The maximum Gasteiger partial charge on any atom is 0.137 e. The Balaban J connectivity index is 1.51. The molecule has 6 aromatic carbocycles. The van der Waals surface area contributed by atoms with Gasteiger partial charge in [0, 0.05) is 32.3 Å². The van der Waals surface area contributed by atoms with Crippen molar-refractivity contribution in [3.63, 3.8) is 0 Å². The van der Waals surface area contributed by atoms with Crippen molar-refractivity contribution in [2.75, 3.05) is 0 Å². The number of carbonyl (C=O) groups is 1. The number of carbonyl (C=O) groups excluding carboxylic acids is 1. The van der Waals surface area contributed by atoms with Crippen LogP contribution in [0.15, 0.2) is 142 Å². The quantitative estimate of drug-likeness (QED) is 0.162. The highest BCUT2D eigenvalue weighted by atomic mass is 33.2. The minimum atomic E-state index is -1.97. The van der Waals surface area contributed by atoms with Gasteiger partial charge in [0.15, 0.2) is 0 Å². The number of hydrogen-bond donors (Lipinski definition) is 0. The molecule has 0 bridgehead atoms. The summed E-state index contributed by atoms with van der Waals surface area (Å²) in [7, 11) is 0.251. The molecule has 0 heterocycles. The maximum absolute atomic E-state index is 14.0. The molecule has 0 amide bonds. The predicted molar refractivity (Wildman–Crippen MR) is 199 cm³/mol. The van der Waals surface area contributed by atoms with E-state index in [1.165, 1.54) is 85.5 Å². The number of benzene rings is 6. The van der Waals surface area contributed by atoms with Gasteiger partial charge >= 0.3 is 0 Å². The van der Waals surface area contributed by atoms with Crippen molar-refractivity contribution in [2.24, 2.45) is 11.8 Å². The average Bonchev–Trinajstić information content (AvgIpc) is 3.13. The molecule has 0 spiro atoms. The van der Waals surface area contributed by atoms with Gasteiger partial charge in [-0.15, -0.1) is 9.06 Å². The Morgan fingerprint density at radius 2 is 0.935 bits per heavy atom. The summed E-state index contributed by atoms with van der Waals surface area (Å²) in [5.74, 6) is 1.18. The fraction of sp³-hybridized carbons (Fsp3) is 0.279. The first-order valence-corrected chi connectivity index (χ1v) is 20.2. The van der Waals surface area contributed by atoms with Crippen LogP contribution in [0.5, 0.6) is 0 Å². The fourth-order valence-corrected chi connectivity index (χ4v) is 16.9. The van der Waals surface area contributed by atoms with Crippen molar-refractivity contribution in [2.45, 2.75) is 77.7 Å². The van der Waals surface area contributed by atoms with Crippen LogP contribution in [0.1, 0.15) is 57.8 Å². The predicted octanol–water partition coefficient (Wildman–Crippen LogP) is 12.8. The van der Waals surface area contributed by atoms with Gasteiger partial charge in [-0.2, -0.15) is 0 Å². The molecule has 0 radical (unpaired) electrons. The van der Waals surface area contributed by atoms with Gasteiger partial charge in [0.2, 0.25) is 0 Å². The number of Topliss-reactive ketones (excluding diaryl/α,β-unsaturated/α-hetero) is 1. The molecule has 46 heavy (non-hydrogen) atoms. The highest BCUT2D eigenvalue weighted by molar-refractivity contribution is 8.94. The second-order valence-corrected chi connectivity index (χ2v) is 18.5. The Morgan fingerprint density at radius 1 is 0.500 bits per heavy atom. The number of fused-ring (bicyclic) bond motifs is 3. The van der Waals surface area contributed by atoms with E-state index in [0.717, 1.165) is 19.3 Å². The fourth-order valence-electron chi connectivity index (χ4n) is 8.31. The molecular weight excluding hydrogens is 597 g/mol. The molecule has 0 N–H and O–H groups in total. The van der Waals surface area contributed by atoms with Gasteiger partial charge in [-0.05, 0) is 82.1 Å². The molecule has 0 aromatic heterocycles. The molecule has 0 saturated heterocycles. The maximum atomic E-state index is 14.0. The van der Waals surface area contributed by atoms with Crippen LogP contribution in [0.4, 0.5) is 0 Å². The van der Waals surface area contributed by atoms with Crippen LogP contribution in [-0.2, 0) is 4.79 Å². The lowest BCUT2D eigenvalue weighted by molar-refractivity contribution is -0.124. The first-order chi connectivity index (χ1) is 22.7. The van der Waals surface area contributed by atoms with E-state index >= 15 is 0 Å². The Kier molecular flexibility index (Phi) is 8.39. The standard InChI is InChI=1S/C43H42OS2/c44-39-27-11-10-26-38(39)43(34-18-2-1-3-19-34)45-46(40-28-12-20-31-15-4-7-23-35(31)40,41-29-13-21-32-16-5-8-24-36(32)41)42-30-14-22-33-17-6-9-25-37(33)42/h4-9,12-17,20-25,28-30,34,38,43H,1-3,10-11,18-19,26-27H2. The molecule has 2 aliphatic carbocycles. The van der Waals surface area contributed by atoms with E-state index in [1.54, 1.807) is 0 Å². The summed E-state index contributed by atoms with van der Waals surface area (Å²) in [6.07, 6.45) is 10.3. The molecule has 2 saturated carbocycles. The molecule has 3 heteroatoms. The molecule has 1 nitrogen and oxygen atoms in total. The minimum Gasteiger partial charge on any atom is -0.299 e. The molecule has 0 aliphatic heterocycles. The van der Waals surface area contributed by atoms with E-state index in [1.807, 2.05) is 0 Å². The highest BCUT2D eigenvalue weighted by Crippen LogP contribution is 2.81. The van der Waals surface area contributed by atoms with Gasteiger partial charge in [0.05, 0.1) is 0 Å². The van der Waals surface area contributed by atoms with Crippen LogP contribution < -0.4 is 0 Å². The zero-order chi connectivity index (χ0) is 30.9. The molecule has 2 atom stereocenters. The van der Waals surface area contributed by atoms with Crippen molar-refractivity contribution in [3.05, 3.63) is 127 Å². The topological polar surface area (TPSA) is 17.1 Å². The molecule has 2 unspecified atom stereocenters. The van der Waals surface area contributed by atoms with Gasteiger partial charge in [-0.25, -0.2) is 0 Å². The Labute approximate surface area is 278 Å². The molecule has 6 aromatic rings. The van der Waals surface area contributed by atoms with Crippen molar-refractivity contribution in [1.29, 1.82) is 0 Å². The van der Waals surface area contributed by atoms with Crippen LogP contribution >= 0.6 is 19.9 Å². The summed E-state index contributed by atoms with van der Waals surface area (Å²) in [6, 6.07) is 47.8. The van der Waals surface area contributed by atoms with E-state index in [0.29, 0.717) is 11.7 Å². The minimum absolute atomic E-state index is 0.119. The molecular formula is C43H42OS2.